The molecule has 2 aromatic heterocycles. The fraction of sp³-hybridized carbons (Fsp3) is 0.290. The van der Waals surface area contributed by atoms with Gasteiger partial charge in [-0.2, -0.15) is 0 Å². The Morgan fingerprint density at radius 1 is 0.974 bits per heavy atom. The third-order valence-corrected chi connectivity index (χ3v) is 7.43. The van der Waals surface area contributed by atoms with Gasteiger partial charge < -0.3 is 20.7 Å². The molecule has 0 aliphatic carbocycles. The lowest BCUT2D eigenvalue weighted by Gasteiger charge is -2.35. The number of imidazole rings is 1. The van der Waals surface area contributed by atoms with E-state index in [4.69, 9.17) is 5.73 Å². The lowest BCUT2D eigenvalue weighted by molar-refractivity contribution is -0.139. The predicted octanol–water partition coefficient (Wildman–Crippen LogP) is 4.41. The van der Waals surface area contributed by atoms with Gasteiger partial charge in [-0.05, 0) is 47.9 Å². The van der Waals surface area contributed by atoms with Crippen LogP contribution in [0.1, 0.15) is 52.9 Å². The Bertz CT molecular complexity index is 1350. The zero-order valence-electron chi connectivity index (χ0n) is 21.7. The van der Waals surface area contributed by atoms with E-state index in [-0.39, 0.29) is 24.2 Å². The van der Waals surface area contributed by atoms with Crippen molar-refractivity contribution in [2.45, 2.75) is 37.5 Å². The van der Waals surface area contributed by atoms with Gasteiger partial charge >= 0.3 is 5.97 Å². The molecule has 39 heavy (non-hydrogen) atoms. The highest BCUT2D eigenvalue weighted by molar-refractivity contribution is 5.87. The molecule has 3 heterocycles. The van der Waals surface area contributed by atoms with Crippen molar-refractivity contribution in [1.29, 1.82) is 0 Å². The van der Waals surface area contributed by atoms with E-state index in [2.05, 4.69) is 15.0 Å². The molecule has 0 saturated carbocycles. The van der Waals surface area contributed by atoms with Gasteiger partial charge in [0.2, 0.25) is 5.91 Å². The third kappa shape index (κ3) is 6.34. The van der Waals surface area contributed by atoms with Crippen LogP contribution in [0.4, 0.5) is 5.82 Å². The Morgan fingerprint density at radius 2 is 1.67 bits per heavy atom. The summed E-state index contributed by atoms with van der Waals surface area (Å²) < 4.78 is 0. The normalized spacial score (nSPS) is 16.2. The van der Waals surface area contributed by atoms with Crippen LogP contribution in [0, 0.1) is 5.92 Å². The Kier molecular flexibility index (Phi) is 8.01. The number of rotatable bonds is 9. The van der Waals surface area contributed by atoms with E-state index in [9.17, 15) is 14.7 Å². The predicted molar refractivity (Wildman–Crippen MR) is 149 cm³/mol. The van der Waals surface area contributed by atoms with Crippen molar-refractivity contribution in [1.82, 2.24) is 19.9 Å². The molecule has 0 radical (unpaired) electrons. The quantitative estimate of drug-likeness (QED) is 0.298. The first-order valence-corrected chi connectivity index (χ1v) is 13.3. The summed E-state index contributed by atoms with van der Waals surface area (Å²) in [6.45, 7) is 1.37. The molecule has 8 nitrogen and oxygen atoms in total. The molecule has 5 rings (SSSR count). The summed E-state index contributed by atoms with van der Waals surface area (Å²) in [4.78, 5) is 39.7. The van der Waals surface area contributed by atoms with Crippen molar-refractivity contribution in [3.8, 4) is 0 Å². The van der Waals surface area contributed by atoms with Gasteiger partial charge in [0.1, 0.15) is 17.6 Å². The number of carbonyl (C=O) groups is 2. The maximum Gasteiger partial charge on any atom is 0.312 e. The van der Waals surface area contributed by atoms with Crippen molar-refractivity contribution in [3.05, 3.63) is 113 Å². The van der Waals surface area contributed by atoms with Gasteiger partial charge in [0.05, 0.1) is 5.92 Å². The molecule has 0 bridgehead atoms. The van der Waals surface area contributed by atoms with Crippen LogP contribution in [0.15, 0.2) is 85.2 Å². The van der Waals surface area contributed by atoms with Crippen molar-refractivity contribution in [2.24, 2.45) is 5.92 Å². The van der Waals surface area contributed by atoms with Crippen LogP contribution in [0.5, 0.6) is 0 Å². The number of nitrogens with two attached hydrogens (primary N) is 1. The Labute approximate surface area is 227 Å². The topological polar surface area (TPSA) is 125 Å². The highest BCUT2D eigenvalue weighted by Crippen LogP contribution is 2.30. The van der Waals surface area contributed by atoms with Crippen molar-refractivity contribution in [3.63, 3.8) is 0 Å². The lowest BCUT2D eigenvalue weighted by atomic mass is 9.88. The second kappa shape index (κ2) is 11.9. The van der Waals surface area contributed by atoms with Crippen molar-refractivity contribution < 1.29 is 14.7 Å². The van der Waals surface area contributed by atoms with Crippen LogP contribution < -0.4 is 5.73 Å². The molecule has 2 unspecified atom stereocenters. The molecule has 0 spiro atoms. The number of anilines is 1. The minimum atomic E-state index is -0.927. The smallest absolute Gasteiger partial charge is 0.312 e. The van der Waals surface area contributed by atoms with Crippen LogP contribution in [-0.2, 0) is 22.4 Å². The van der Waals surface area contributed by atoms with Gasteiger partial charge in [-0.25, -0.2) is 9.97 Å². The Hall–Kier alpha value is -4.46. The average Bonchev–Trinajstić information content (AvgIpc) is 3.42. The minimum Gasteiger partial charge on any atom is -0.481 e. The average molecular weight is 524 g/mol. The Balaban J connectivity index is 1.28. The lowest BCUT2D eigenvalue weighted by Crippen LogP contribution is -2.43. The second-order valence-electron chi connectivity index (χ2n) is 10.2. The third-order valence-electron chi connectivity index (χ3n) is 7.43. The van der Waals surface area contributed by atoms with E-state index in [1.165, 1.54) is 0 Å². The number of hydrogen-bond donors (Lipinski definition) is 3. The number of H-pyrrole nitrogens is 1. The van der Waals surface area contributed by atoms with Gasteiger partial charge in [0.25, 0.3) is 0 Å². The number of carboxylic acids is 1. The number of amides is 1. The summed E-state index contributed by atoms with van der Waals surface area (Å²) in [6.07, 6.45) is 6.07. The number of likely N-dealkylation sites (tertiary alicyclic amines) is 1. The van der Waals surface area contributed by atoms with E-state index in [1.54, 1.807) is 24.5 Å². The van der Waals surface area contributed by atoms with E-state index in [0.29, 0.717) is 24.5 Å². The number of aromatic nitrogens is 3. The number of piperidine rings is 1. The molecule has 8 heteroatoms. The zero-order chi connectivity index (χ0) is 27.2. The van der Waals surface area contributed by atoms with Gasteiger partial charge in [-0.1, -0.05) is 66.7 Å². The number of hydrogen-bond acceptors (Lipinski definition) is 5. The van der Waals surface area contributed by atoms with Crippen molar-refractivity contribution >= 4 is 17.7 Å². The van der Waals surface area contributed by atoms with E-state index < -0.39 is 11.9 Å². The molecular formula is C31H33N5O3. The standard InChI is InChI=1S/C31H33N5O3/c32-27-14-13-21(18-33-27)16-25(31(38)39)26-19-34-28(35-26)17-22-8-7-15-36(20-22)30(37)29(23-9-3-1-4-10-23)24-11-5-2-6-12-24/h1-6,9-14,18-19,22,25,29H,7-8,15-17,20H2,(H2,32,33)(H,34,35)(H,38,39). The van der Waals surface area contributed by atoms with Crippen LogP contribution in [0.3, 0.4) is 0 Å². The summed E-state index contributed by atoms with van der Waals surface area (Å²) in [6, 6.07) is 23.3. The number of carboxylic acid groups (broad SMARTS) is 1. The fourth-order valence-electron chi connectivity index (χ4n) is 5.44. The largest absolute Gasteiger partial charge is 0.481 e. The summed E-state index contributed by atoms with van der Waals surface area (Å²) in [5.41, 5.74) is 8.99. The molecule has 2 atom stereocenters. The van der Waals surface area contributed by atoms with E-state index >= 15 is 0 Å². The molecule has 1 aliphatic rings. The first-order chi connectivity index (χ1) is 19.0. The summed E-state index contributed by atoms with van der Waals surface area (Å²) in [7, 11) is 0. The summed E-state index contributed by atoms with van der Waals surface area (Å²) in [5.74, 6) is -0.552. The molecule has 2 aromatic carbocycles. The number of benzene rings is 2. The molecule has 4 aromatic rings. The number of nitrogens with one attached hydrogen (secondary N) is 1. The van der Waals surface area contributed by atoms with Crippen LogP contribution in [-0.4, -0.2) is 49.9 Å². The number of nitrogens with zero attached hydrogens (tertiary/aromatic N) is 3. The van der Waals surface area contributed by atoms with Crippen LogP contribution in [0.25, 0.3) is 0 Å². The maximum absolute atomic E-state index is 13.9. The number of carbonyl (C=O) groups excluding carboxylic acids is 1. The number of aromatic amines is 1. The van der Waals surface area contributed by atoms with Gasteiger partial charge in [-0.15, -0.1) is 0 Å². The fourth-order valence-corrected chi connectivity index (χ4v) is 5.44. The first-order valence-electron chi connectivity index (χ1n) is 13.3. The van der Waals surface area contributed by atoms with Crippen LogP contribution >= 0.6 is 0 Å². The zero-order valence-corrected chi connectivity index (χ0v) is 21.7. The van der Waals surface area contributed by atoms with E-state index in [0.717, 1.165) is 41.9 Å². The highest BCUT2D eigenvalue weighted by atomic mass is 16.4. The highest BCUT2D eigenvalue weighted by Gasteiger charge is 2.31. The summed E-state index contributed by atoms with van der Waals surface area (Å²) in [5, 5.41) is 9.87. The monoisotopic (exact) mass is 523 g/mol. The van der Waals surface area contributed by atoms with E-state index in [1.807, 2.05) is 65.6 Å². The Morgan fingerprint density at radius 3 is 2.28 bits per heavy atom. The first kappa shape index (κ1) is 26.2. The second-order valence-corrected chi connectivity index (χ2v) is 10.2. The SMILES string of the molecule is Nc1ccc(CC(C(=O)O)c2cnc(CC3CCCN(C(=O)C(c4ccccc4)c4ccccc4)C3)[nH]2)cn1. The molecule has 4 N–H and O–H groups in total. The molecule has 200 valence electrons. The molecule has 1 amide bonds. The maximum atomic E-state index is 13.9. The molecule has 1 saturated heterocycles. The summed E-state index contributed by atoms with van der Waals surface area (Å²) >= 11 is 0. The molecule has 1 aliphatic heterocycles. The van der Waals surface area contributed by atoms with Gasteiger partial charge in [-0.3, -0.25) is 9.59 Å². The number of nitrogen functional groups attached to an aromatic ring is 1. The minimum absolute atomic E-state index is 0.111. The van der Waals surface area contributed by atoms with Gasteiger partial charge in [0, 0.05) is 37.6 Å². The molecule has 1 fully saturated rings. The number of aliphatic carboxylic acids is 1. The molecular weight excluding hydrogens is 490 g/mol. The number of pyridine rings is 1. The van der Waals surface area contributed by atoms with Crippen molar-refractivity contribution in [2.75, 3.05) is 18.8 Å². The van der Waals surface area contributed by atoms with Crippen LogP contribution in [0.2, 0.25) is 0 Å². The van der Waals surface area contributed by atoms with Gasteiger partial charge in [0.15, 0.2) is 0 Å².